The van der Waals surface area contributed by atoms with E-state index in [2.05, 4.69) is 0 Å². The minimum atomic E-state index is -4.42. The Bertz CT molecular complexity index is 678. The van der Waals surface area contributed by atoms with Crippen molar-refractivity contribution in [2.24, 2.45) is 0 Å². The molecule has 2 rings (SSSR count). The van der Waals surface area contributed by atoms with Crippen molar-refractivity contribution in [3.8, 4) is 6.07 Å². The summed E-state index contributed by atoms with van der Waals surface area (Å²) in [5.41, 5.74) is -1.23. The zero-order chi connectivity index (χ0) is 18.5. The number of nitriles is 1. The van der Waals surface area contributed by atoms with Crippen LogP contribution in [0.15, 0.2) is 36.1 Å². The number of nitrogens with zero attached hydrogens (tertiary/aromatic N) is 1. The van der Waals surface area contributed by atoms with Crippen molar-refractivity contribution in [1.29, 1.82) is 5.26 Å². The number of hydrogen-bond donors (Lipinski definition) is 0. The minimum absolute atomic E-state index is 0.0654. The highest BCUT2D eigenvalue weighted by Gasteiger charge is 2.43. The quantitative estimate of drug-likeness (QED) is 0.422. The second kappa shape index (κ2) is 7.73. The Morgan fingerprint density at radius 3 is 2.32 bits per heavy atom. The van der Waals surface area contributed by atoms with E-state index in [1.54, 1.807) is 0 Å². The Labute approximate surface area is 145 Å². The van der Waals surface area contributed by atoms with Crippen molar-refractivity contribution in [3.63, 3.8) is 0 Å². The van der Waals surface area contributed by atoms with Gasteiger partial charge in [0.05, 0.1) is 11.0 Å². The highest BCUT2D eigenvalue weighted by atomic mass is 19.4. The fourth-order valence-corrected chi connectivity index (χ4v) is 3.24. The molecule has 0 aromatic heterocycles. The Balaban J connectivity index is 2.36. The third kappa shape index (κ3) is 4.22. The van der Waals surface area contributed by atoms with E-state index < -0.39 is 23.1 Å². The molecule has 0 bridgehead atoms. The monoisotopic (exact) mass is 351 g/mol. The molecule has 0 unspecified atom stereocenters. The number of carbonyl (C=O) groups is 1. The smallest absolute Gasteiger partial charge is 0.415 e. The van der Waals surface area contributed by atoms with E-state index in [-0.39, 0.29) is 5.76 Å². The number of carbonyl (C=O) groups excluding carboxylic acids is 1. The predicted molar refractivity (Wildman–Crippen MR) is 86.3 cm³/mol. The fraction of sp³-hybridized carbons (Fsp3) is 0.474. The van der Waals surface area contributed by atoms with E-state index in [0.29, 0.717) is 24.8 Å². The third-order valence-corrected chi connectivity index (χ3v) is 4.57. The topological polar surface area (TPSA) is 50.1 Å². The van der Waals surface area contributed by atoms with Crippen LogP contribution in [0, 0.1) is 11.3 Å². The maximum absolute atomic E-state index is 12.8. The molecule has 0 spiro atoms. The van der Waals surface area contributed by atoms with Gasteiger partial charge in [0.15, 0.2) is 0 Å². The van der Waals surface area contributed by atoms with Crippen LogP contribution in [0.3, 0.4) is 0 Å². The van der Waals surface area contributed by atoms with Crippen molar-refractivity contribution >= 4 is 5.97 Å². The van der Waals surface area contributed by atoms with Gasteiger partial charge in [-0.15, -0.1) is 0 Å². The van der Waals surface area contributed by atoms with Crippen molar-refractivity contribution in [1.82, 2.24) is 0 Å². The molecule has 0 saturated heterocycles. The lowest BCUT2D eigenvalue weighted by Gasteiger charge is -2.35. The molecule has 1 saturated carbocycles. The van der Waals surface area contributed by atoms with Crippen molar-refractivity contribution < 1.29 is 22.7 Å². The van der Waals surface area contributed by atoms with Gasteiger partial charge in [0.1, 0.15) is 6.07 Å². The second-order valence-corrected chi connectivity index (χ2v) is 6.20. The fourth-order valence-electron chi connectivity index (χ4n) is 3.24. The molecule has 1 fully saturated rings. The number of ether oxygens (including phenoxy) is 1. The van der Waals surface area contributed by atoms with Gasteiger partial charge in [-0.3, -0.25) is 4.79 Å². The van der Waals surface area contributed by atoms with E-state index in [1.807, 2.05) is 13.0 Å². The Morgan fingerprint density at radius 1 is 1.24 bits per heavy atom. The Kier molecular flexibility index (Phi) is 5.89. The summed E-state index contributed by atoms with van der Waals surface area (Å²) in [5, 5.41) is 9.06. The lowest BCUT2D eigenvalue weighted by molar-refractivity contribution is -0.147. The van der Waals surface area contributed by atoms with Crippen LogP contribution in [-0.2, 0) is 21.1 Å². The first-order chi connectivity index (χ1) is 11.8. The summed E-state index contributed by atoms with van der Waals surface area (Å²) in [6.45, 7) is 1.82. The van der Waals surface area contributed by atoms with E-state index in [4.69, 9.17) is 10.00 Å². The standard InChI is InChI=1S/C19H20F3NO2/c1-2-6-16(13-23)25-17(24)18(11-4-3-5-12-18)14-7-9-15(10-8-14)19(20,21)22/h6-10H,2-5,11-12H2,1H3. The maximum atomic E-state index is 12.8. The normalized spacial score (nSPS) is 17.6. The maximum Gasteiger partial charge on any atom is 0.416 e. The lowest BCUT2D eigenvalue weighted by Crippen LogP contribution is -2.39. The largest absolute Gasteiger partial charge is 0.416 e. The molecule has 3 nitrogen and oxygen atoms in total. The van der Waals surface area contributed by atoms with Crippen LogP contribution >= 0.6 is 0 Å². The van der Waals surface area contributed by atoms with Crippen LogP contribution in [0.5, 0.6) is 0 Å². The first kappa shape index (κ1) is 19.0. The molecule has 1 aliphatic rings. The molecular formula is C19H20F3NO2. The Morgan fingerprint density at radius 2 is 1.84 bits per heavy atom. The van der Waals surface area contributed by atoms with Crippen LogP contribution in [-0.4, -0.2) is 5.97 Å². The zero-order valence-corrected chi connectivity index (χ0v) is 14.0. The summed E-state index contributed by atoms with van der Waals surface area (Å²) in [6, 6.07) is 6.53. The summed E-state index contributed by atoms with van der Waals surface area (Å²) in [4.78, 5) is 12.8. The molecule has 134 valence electrons. The summed E-state index contributed by atoms with van der Waals surface area (Å²) >= 11 is 0. The number of hydrogen-bond acceptors (Lipinski definition) is 3. The highest BCUT2D eigenvalue weighted by Crippen LogP contribution is 2.42. The number of alkyl halides is 3. The molecule has 0 aliphatic heterocycles. The lowest BCUT2D eigenvalue weighted by atomic mass is 9.69. The summed E-state index contributed by atoms with van der Waals surface area (Å²) in [7, 11) is 0. The van der Waals surface area contributed by atoms with Crippen molar-refractivity contribution in [3.05, 3.63) is 47.2 Å². The van der Waals surface area contributed by atoms with Crippen LogP contribution in [0.25, 0.3) is 0 Å². The van der Waals surface area contributed by atoms with Crippen LogP contribution < -0.4 is 0 Å². The molecule has 6 heteroatoms. The second-order valence-electron chi connectivity index (χ2n) is 6.20. The predicted octanol–water partition coefficient (Wildman–Crippen LogP) is 5.27. The minimum Gasteiger partial charge on any atom is -0.415 e. The van der Waals surface area contributed by atoms with Crippen LogP contribution in [0.2, 0.25) is 0 Å². The van der Waals surface area contributed by atoms with Crippen LogP contribution in [0.4, 0.5) is 13.2 Å². The third-order valence-electron chi connectivity index (χ3n) is 4.57. The molecular weight excluding hydrogens is 331 g/mol. The van der Waals surface area contributed by atoms with Gasteiger partial charge >= 0.3 is 12.1 Å². The van der Waals surface area contributed by atoms with Crippen molar-refractivity contribution in [2.75, 3.05) is 0 Å². The average Bonchev–Trinajstić information content (AvgIpc) is 2.61. The average molecular weight is 351 g/mol. The van der Waals surface area contributed by atoms with Gasteiger partial charge in [0.25, 0.3) is 0 Å². The summed E-state index contributed by atoms with van der Waals surface area (Å²) in [6.07, 6.45) is 1.18. The molecule has 25 heavy (non-hydrogen) atoms. The summed E-state index contributed by atoms with van der Waals surface area (Å²) < 4.78 is 43.6. The number of rotatable bonds is 4. The molecule has 0 radical (unpaired) electrons. The number of benzene rings is 1. The van der Waals surface area contributed by atoms with E-state index in [9.17, 15) is 18.0 Å². The highest BCUT2D eigenvalue weighted by molar-refractivity contribution is 5.84. The van der Waals surface area contributed by atoms with Crippen molar-refractivity contribution in [2.45, 2.75) is 57.0 Å². The van der Waals surface area contributed by atoms with E-state index in [0.717, 1.165) is 31.4 Å². The Hall–Kier alpha value is -2.29. The van der Waals surface area contributed by atoms with E-state index >= 15 is 0 Å². The van der Waals surface area contributed by atoms with Gasteiger partial charge in [-0.25, -0.2) is 0 Å². The molecule has 1 aliphatic carbocycles. The van der Waals surface area contributed by atoms with Gasteiger partial charge in [-0.2, -0.15) is 18.4 Å². The molecule has 1 aromatic rings. The van der Waals surface area contributed by atoms with Gasteiger partial charge < -0.3 is 4.74 Å². The SMILES string of the molecule is CCC=C(C#N)OC(=O)C1(c2ccc(C(F)(F)F)cc2)CCCCC1. The van der Waals surface area contributed by atoms with E-state index in [1.165, 1.54) is 18.2 Å². The molecule has 0 N–H and O–H groups in total. The zero-order valence-electron chi connectivity index (χ0n) is 14.0. The van der Waals surface area contributed by atoms with Gasteiger partial charge in [0.2, 0.25) is 5.76 Å². The molecule has 0 atom stereocenters. The molecule has 0 heterocycles. The van der Waals surface area contributed by atoms with Gasteiger partial charge in [-0.05, 0) is 43.0 Å². The summed E-state index contributed by atoms with van der Waals surface area (Å²) in [5.74, 6) is -0.627. The molecule has 1 aromatic carbocycles. The number of allylic oxidation sites excluding steroid dienone is 2. The number of esters is 1. The van der Waals surface area contributed by atoms with Gasteiger partial charge in [-0.1, -0.05) is 38.3 Å². The van der Waals surface area contributed by atoms with Crippen LogP contribution in [0.1, 0.15) is 56.6 Å². The first-order valence-corrected chi connectivity index (χ1v) is 8.34. The number of halogens is 3. The first-order valence-electron chi connectivity index (χ1n) is 8.34. The molecule has 0 amide bonds. The van der Waals surface area contributed by atoms with Gasteiger partial charge in [0, 0.05) is 0 Å².